The number of hydrogen-bond donors (Lipinski definition) is 1. The molecule has 26 heavy (non-hydrogen) atoms. The van der Waals surface area contributed by atoms with Crippen LogP contribution in [0.5, 0.6) is 11.5 Å². The molecule has 0 spiro atoms. The molecule has 0 unspecified atom stereocenters. The maximum Gasteiger partial charge on any atom is 0.251 e. The summed E-state index contributed by atoms with van der Waals surface area (Å²) in [5.74, 6) is 0.165. The number of anilines is 1. The number of rotatable bonds is 7. The molecule has 0 saturated heterocycles. The third kappa shape index (κ3) is 4.72. The SMILES string of the molecule is COc1ccc(N(CCNC(=O)c2ccc(F)cc2)C(C)=O)c(OC)c1. The van der Waals surface area contributed by atoms with E-state index >= 15 is 0 Å². The van der Waals surface area contributed by atoms with Crippen LogP contribution in [-0.4, -0.2) is 39.1 Å². The van der Waals surface area contributed by atoms with E-state index in [9.17, 15) is 14.0 Å². The van der Waals surface area contributed by atoms with Gasteiger partial charge in [0.25, 0.3) is 5.91 Å². The highest BCUT2D eigenvalue weighted by Crippen LogP contribution is 2.32. The molecule has 0 atom stereocenters. The molecule has 2 amide bonds. The van der Waals surface area contributed by atoms with Gasteiger partial charge in [0.05, 0.1) is 19.9 Å². The van der Waals surface area contributed by atoms with E-state index in [0.29, 0.717) is 22.7 Å². The van der Waals surface area contributed by atoms with E-state index in [0.717, 1.165) is 0 Å². The Morgan fingerprint density at radius 2 is 1.77 bits per heavy atom. The lowest BCUT2D eigenvalue weighted by Crippen LogP contribution is -2.37. The molecule has 7 heteroatoms. The highest BCUT2D eigenvalue weighted by atomic mass is 19.1. The summed E-state index contributed by atoms with van der Waals surface area (Å²) in [6.45, 7) is 1.92. The second-order valence-electron chi connectivity index (χ2n) is 5.47. The van der Waals surface area contributed by atoms with Crippen LogP contribution in [0.1, 0.15) is 17.3 Å². The van der Waals surface area contributed by atoms with E-state index < -0.39 is 5.82 Å². The topological polar surface area (TPSA) is 67.9 Å². The van der Waals surface area contributed by atoms with Crippen molar-refractivity contribution in [1.29, 1.82) is 0 Å². The number of carbonyl (C=O) groups excluding carboxylic acids is 2. The first-order valence-corrected chi connectivity index (χ1v) is 8.00. The predicted octanol–water partition coefficient (Wildman–Crippen LogP) is 2.63. The highest BCUT2D eigenvalue weighted by molar-refractivity contribution is 5.95. The first-order chi connectivity index (χ1) is 12.5. The quantitative estimate of drug-likeness (QED) is 0.824. The van der Waals surface area contributed by atoms with Gasteiger partial charge in [0, 0.05) is 31.6 Å². The summed E-state index contributed by atoms with van der Waals surface area (Å²) in [5.41, 5.74) is 0.930. The molecule has 2 aromatic rings. The van der Waals surface area contributed by atoms with Crippen molar-refractivity contribution in [2.24, 2.45) is 0 Å². The fraction of sp³-hybridized carbons (Fsp3) is 0.263. The average Bonchev–Trinajstić information content (AvgIpc) is 2.65. The van der Waals surface area contributed by atoms with Crippen molar-refractivity contribution in [3.8, 4) is 11.5 Å². The van der Waals surface area contributed by atoms with Crippen LogP contribution >= 0.6 is 0 Å². The monoisotopic (exact) mass is 360 g/mol. The Kier molecular flexibility index (Phi) is 6.54. The molecule has 0 saturated carbocycles. The molecule has 0 aliphatic rings. The van der Waals surface area contributed by atoms with Crippen molar-refractivity contribution < 1.29 is 23.5 Å². The number of halogens is 1. The van der Waals surface area contributed by atoms with Crippen LogP contribution in [0.4, 0.5) is 10.1 Å². The first kappa shape index (κ1) is 19.2. The molecule has 1 N–H and O–H groups in total. The van der Waals surface area contributed by atoms with Crippen LogP contribution in [0, 0.1) is 5.82 Å². The van der Waals surface area contributed by atoms with Crippen molar-refractivity contribution in [2.45, 2.75) is 6.92 Å². The molecular weight excluding hydrogens is 339 g/mol. The van der Waals surface area contributed by atoms with Gasteiger partial charge in [-0.3, -0.25) is 9.59 Å². The minimum absolute atomic E-state index is 0.190. The number of nitrogens with one attached hydrogen (secondary N) is 1. The van der Waals surface area contributed by atoms with Gasteiger partial charge >= 0.3 is 0 Å². The van der Waals surface area contributed by atoms with E-state index in [4.69, 9.17) is 9.47 Å². The highest BCUT2D eigenvalue weighted by Gasteiger charge is 2.17. The number of nitrogens with zero attached hydrogens (tertiary/aromatic N) is 1. The van der Waals surface area contributed by atoms with Crippen molar-refractivity contribution in [3.63, 3.8) is 0 Å². The van der Waals surface area contributed by atoms with Gasteiger partial charge in [0.1, 0.15) is 17.3 Å². The zero-order valence-electron chi connectivity index (χ0n) is 14.9. The molecule has 2 rings (SSSR count). The number of methoxy groups -OCH3 is 2. The lowest BCUT2D eigenvalue weighted by molar-refractivity contribution is -0.116. The summed E-state index contributed by atoms with van der Waals surface area (Å²) in [6, 6.07) is 10.4. The van der Waals surface area contributed by atoms with Crippen molar-refractivity contribution in [3.05, 3.63) is 53.8 Å². The van der Waals surface area contributed by atoms with Gasteiger partial charge in [-0.05, 0) is 36.4 Å². The van der Waals surface area contributed by atoms with Crippen LogP contribution in [0.15, 0.2) is 42.5 Å². The molecule has 138 valence electrons. The third-order valence-electron chi connectivity index (χ3n) is 3.79. The Morgan fingerprint density at radius 3 is 2.35 bits per heavy atom. The summed E-state index contributed by atoms with van der Waals surface area (Å²) in [6.07, 6.45) is 0. The van der Waals surface area contributed by atoms with Crippen molar-refractivity contribution >= 4 is 17.5 Å². The first-order valence-electron chi connectivity index (χ1n) is 8.00. The largest absolute Gasteiger partial charge is 0.497 e. The third-order valence-corrected chi connectivity index (χ3v) is 3.79. The molecule has 0 aliphatic heterocycles. The minimum atomic E-state index is -0.407. The predicted molar refractivity (Wildman–Crippen MR) is 96.3 cm³/mol. The summed E-state index contributed by atoms with van der Waals surface area (Å²) in [5, 5.41) is 2.71. The summed E-state index contributed by atoms with van der Waals surface area (Å²) >= 11 is 0. The van der Waals surface area contributed by atoms with Gasteiger partial charge in [-0.2, -0.15) is 0 Å². The van der Waals surface area contributed by atoms with Gasteiger partial charge in [0.15, 0.2) is 0 Å². The molecule has 0 aliphatic carbocycles. The Morgan fingerprint density at radius 1 is 1.08 bits per heavy atom. The smallest absolute Gasteiger partial charge is 0.251 e. The van der Waals surface area contributed by atoms with Crippen molar-refractivity contribution in [2.75, 3.05) is 32.2 Å². The number of carbonyl (C=O) groups is 2. The Hall–Kier alpha value is -3.09. The molecule has 0 radical (unpaired) electrons. The molecule has 0 heterocycles. The van der Waals surface area contributed by atoms with Gasteiger partial charge in [-0.1, -0.05) is 0 Å². The maximum atomic E-state index is 12.9. The molecule has 0 bridgehead atoms. The summed E-state index contributed by atoms with van der Waals surface area (Å²) in [4.78, 5) is 25.6. The average molecular weight is 360 g/mol. The van der Waals surface area contributed by atoms with Crippen molar-refractivity contribution in [1.82, 2.24) is 5.32 Å². The van der Waals surface area contributed by atoms with E-state index in [2.05, 4.69) is 5.32 Å². The number of amides is 2. The van der Waals surface area contributed by atoms with Crippen LogP contribution in [-0.2, 0) is 4.79 Å². The maximum absolute atomic E-state index is 12.9. The van der Waals surface area contributed by atoms with Gasteiger partial charge in [-0.25, -0.2) is 4.39 Å². The lowest BCUT2D eigenvalue weighted by Gasteiger charge is -2.23. The number of ether oxygens (including phenoxy) is 2. The van der Waals surface area contributed by atoms with Crippen LogP contribution in [0.3, 0.4) is 0 Å². The molecule has 6 nitrogen and oxygen atoms in total. The minimum Gasteiger partial charge on any atom is -0.497 e. The lowest BCUT2D eigenvalue weighted by atomic mass is 10.2. The molecule has 0 fully saturated rings. The van der Waals surface area contributed by atoms with Gasteiger partial charge in [0.2, 0.25) is 5.91 Å². The summed E-state index contributed by atoms with van der Waals surface area (Å²) < 4.78 is 23.4. The van der Waals surface area contributed by atoms with Gasteiger partial charge in [-0.15, -0.1) is 0 Å². The fourth-order valence-corrected chi connectivity index (χ4v) is 2.44. The van der Waals surface area contributed by atoms with Crippen LogP contribution in [0.25, 0.3) is 0 Å². The Bertz CT molecular complexity index is 778. The zero-order valence-corrected chi connectivity index (χ0v) is 14.9. The zero-order chi connectivity index (χ0) is 19.1. The normalized spacial score (nSPS) is 10.2. The Labute approximate surface area is 151 Å². The van der Waals surface area contributed by atoms with E-state index in [-0.39, 0.29) is 24.9 Å². The molecular formula is C19H21FN2O4. The van der Waals surface area contributed by atoms with E-state index in [1.807, 2.05) is 0 Å². The van der Waals surface area contributed by atoms with Crippen LogP contribution < -0.4 is 19.7 Å². The second-order valence-corrected chi connectivity index (χ2v) is 5.47. The fourth-order valence-electron chi connectivity index (χ4n) is 2.44. The molecule has 0 aromatic heterocycles. The number of benzene rings is 2. The number of hydrogen-bond acceptors (Lipinski definition) is 4. The standard InChI is InChI=1S/C19H21FN2O4/c1-13(23)22(17-9-8-16(25-2)12-18(17)26-3)11-10-21-19(24)14-4-6-15(20)7-5-14/h4-9,12H,10-11H2,1-3H3,(H,21,24). The van der Waals surface area contributed by atoms with E-state index in [1.165, 1.54) is 43.2 Å². The van der Waals surface area contributed by atoms with Crippen LogP contribution in [0.2, 0.25) is 0 Å². The summed E-state index contributed by atoms with van der Waals surface area (Å²) in [7, 11) is 3.05. The molecule has 2 aromatic carbocycles. The van der Waals surface area contributed by atoms with Gasteiger partial charge < -0.3 is 19.7 Å². The Balaban J connectivity index is 2.06. The van der Waals surface area contributed by atoms with E-state index in [1.54, 1.807) is 25.3 Å². The second kappa shape index (κ2) is 8.84.